The average Bonchev–Trinajstić information content (AvgIpc) is 2.71. The highest BCUT2D eigenvalue weighted by molar-refractivity contribution is 5.68. The Morgan fingerprint density at radius 3 is 2.73 bits per heavy atom. The molecule has 0 spiro atoms. The molecule has 1 saturated heterocycles. The SMILES string of the molecule is C#Cc1cc(N2CCCN(C(=O)OC(C)(C)C)CC2)ncn1. The molecule has 0 aliphatic carbocycles. The maximum atomic E-state index is 12.1. The number of rotatable bonds is 1. The smallest absolute Gasteiger partial charge is 0.410 e. The molecule has 0 atom stereocenters. The van der Waals surface area contributed by atoms with E-state index in [1.807, 2.05) is 20.8 Å². The van der Waals surface area contributed by atoms with E-state index in [0.717, 1.165) is 18.8 Å². The molecule has 2 rings (SSSR count). The standard InChI is InChI=1S/C16H22N4O2/c1-5-13-11-14(18-12-17-13)19-7-6-8-20(10-9-19)15(21)22-16(2,3)4/h1,11-12H,6-10H2,2-4H3. The quantitative estimate of drug-likeness (QED) is 0.742. The zero-order valence-corrected chi connectivity index (χ0v) is 13.4. The number of hydrogen-bond donors (Lipinski definition) is 0. The summed E-state index contributed by atoms with van der Waals surface area (Å²) in [6.45, 7) is 8.41. The second-order valence-electron chi connectivity index (χ2n) is 6.21. The third-order valence-electron chi connectivity index (χ3n) is 3.27. The van der Waals surface area contributed by atoms with Crippen molar-refractivity contribution in [2.45, 2.75) is 32.8 Å². The van der Waals surface area contributed by atoms with Crippen molar-refractivity contribution in [1.29, 1.82) is 0 Å². The van der Waals surface area contributed by atoms with E-state index >= 15 is 0 Å². The number of anilines is 1. The molecule has 0 saturated carbocycles. The van der Waals surface area contributed by atoms with Crippen molar-refractivity contribution in [2.24, 2.45) is 0 Å². The van der Waals surface area contributed by atoms with Crippen LogP contribution < -0.4 is 4.90 Å². The van der Waals surface area contributed by atoms with Gasteiger partial charge in [-0.05, 0) is 27.2 Å². The van der Waals surface area contributed by atoms with Gasteiger partial charge in [0.05, 0.1) is 0 Å². The van der Waals surface area contributed by atoms with Crippen LogP contribution in [0.3, 0.4) is 0 Å². The van der Waals surface area contributed by atoms with E-state index in [4.69, 9.17) is 11.2 Å². The molecule has 0 radical (unpaired) electrons. The predicted molar refractivity (Wildman–Crippen MR) is 84.6 cm³/mol. The second kappa shape index (κ2) is 6.65. The van der Waals surface area contributed by atoms with Crippen molar-refractivity contribution in [3.63, 3.8) is 0 Å². The second-order valence-corrected chi connectivity index (χ2v) is 6.21. The number of amides is 1. The van der Waals surface area contributed by atoms with Crippen LogP contribution in [0.4, 0.5) is 10.6 Å². The van der Waals surface area contributed by atoms with E-state index in [1.54, 1.807) is 11.0 Å². The monoisotopic (exact) mass is 302 g/mol. The van der Waals surface area contributed by atoms with Crippen molar-refractivity contribution in [3.05, 3.63) is 18.1 Å². The maximum absolute atomic E-state index is 12.1. The first kappa shape index (κ1) is 16.1. The molecule has 1 aliphatic rings. The van der Waals surface area contributed by atoms with Crippen LogP contribution in [0.25, 0.3) is 0 Å². The van der Waals surface area contributed by atoms with Gasteiger partial charge in [0.25, 0.3) is 0 Å². The van der Waals surface area contributed by atoms with E-state index in [1.165, 1.54) is 6.33 Å². The molecule has 2 heterocycles. The van der Waals surface area contributed by atoms with Crippen molar-refractivity contribution in [2.75, 3.05) is 31.1 Å². The summed E-state index contributed by atoms with van der Waals surface area (Å²) in [6.07, 6.45) is 7.44. The first-order valence-corrected chi connectivity index (χ1v) is 7.40. The van der Waals surface area contributed by atoms with E-state index in [-0.39, 0.29) is 6.09 Å². The van der Waals surface area contributed by atoms with Gasteiger partial charge in [0.2, 0.25) is 0 Å². The lowest BCUT2D eigenvalue weighted by Crippen LogP contribution is -2.39. The lowest BCUT2D eigenvalue weighted by molar-refractivity contribution is 0.0263. The van der Waals surface area contributed by atoms with Gasteiger partial charge in [-0.1, -0.05) is 5.92 Å². The molecule has 0 N–H and O–H groups in total. The minimum atomic E-state index is -0.475. The summed E-state index contributed by atoms with van der Waals surface area (Å²) >= 11 is 0. The van der Waals surface area contributed by atoms with Crippen molar-refractivity contribution in [3.8, 4) is 12.3 Å². The Hall–Kier alpha value is -2.29. The Balaban J connectivity index is 2.00. The van der Waals surface area contributed by atoms with Crippen LogP contribution in [0.15, 0.2) is 12.4 Å². The first-order chi connectivity index (χ1) is 10.4. The maximum Gasteiger partial charge on any atom is 0.410 e. The average molecular weight is 302 g/mol. The summed E-state index contributed by atoms with van der Waals surface area (Å²) < 4.78 is 5.43. The molecule has 0 aromatic carbocycles. The van der Waals surface area contributed by atoms with Crippen LogP contribution in [-0.2, 0) is 4.74 Å². The summed E-state index contributed by atoms with van der Waals surface area (Å²) in [5.74, 6) is 3.31. The number of aromatic nitrogens is 2. The highest BCUT2D eigenvalue weighted by atomic mass is 16.6. The summed E-state index contributed by atoms with van der Waals surface area (Å²) in [5.41, 5.74) is 0.0930. The summed E-state index contributed by atoms with van der Waals surface area (Å²) in [6, 6.07) is 1.79. The molecule has 118 valence electrons. The van der Waals surface area contributed by atoms with Crippen LogP contribution in [0, 0.1) is 12.3 Å². The normalized spacial score (nSPS) is 15.9. The first-order valence-electron chi connectivity index (χ1n) is 7.40. The molecule has 0 unspecified atom stereocenters. The number of terminal acetylenes is 1. The zero-order valence-electron chi connectivity index (χ0n) is 13.4. The van der Waals surface area contributed by atoms with Gasteiger partial charge < -0.3 is 14.5 Å². The van der Waals surface area contributed by atoms with E-state index in [9.17, 15) is 4.79 Å². The molecule has 1 aromatic heterocycles. The van der Waals surface area contributed by atoms with Gasteiger partial charge in [0.15, 0.2) is 0 Å². The number of carbonyl (C=O) groups excluding carboxylic acids is 1. The van der Waals surface area contributed by atoms with Gasteiger partial charge in [0, 0.05) is 32.2 Å². The Bertz CT molecular complexity index is 574. The Labute approximate surface area is 131 Å². The van der Waals surface area contributed by atoms with E-state index in [0.29, 0.717) is 25.3 Å². The van der Waals surface area contributed by atoms with Gasteiger partial charge in [-0.2, -0.15) is 0 Å². The number of ether oxygens (including phenoxy) is 1. The van der Waals surface area contributed by atoms with Crippen LogP contribution in [0.1, 0.15) is 32.9 Å². The fourth-order valence-corrected chi connectivity index (χ4v) is 2.25. The minimum Gasteiger partial charge on any atom is -0.444 e. The highest BCUT2D eigenvalue weighted by Gasteiger charge is 2.24. The summed E-state index contributed by atoms with van der Waals surface area (Å²) in [7, 11) is 0. The fourth-order valence-electron chi connectivity index (χ4n) is 2.25. The highest BCUT2D eigenvalue weighted by Crippen LogP contribution is 2.16. The lowest BCUT2D eigenvalue weighted by Gasteiger charge is -2.26. The van der Waals surface area contributed by atoms with Crippen molar-refractivity contribution >= 4 is 11.9 Å². The Kier molecular flexibility index (Phi) is 4.86. The topological polar surface area (TPSA) is 58.6 Å². The largest absolute Gasteiger partial charge is 0.444 e. The van der Waals surface area contributed by atoms with E-state index < -0.39 is 5.60 Å². The molecular weight excluding hydrogens is 280 g/mol. The van der Waals surface area contributed by atoms with Gasteiger partial charge in [0.1, 0.15) is 23.4 Å². The van der Waals surface area contributed by atoms with Crippen LogP contribution in [0.2, 0.25) is 0 Å². The third-order valence-corrected chi connectivity index (χ3v) is 3.27. The fraction of sp³-hybridized carbons (Fsp3) is 0.562. The number of hydrogen-bond acceptors (Lipinski definition) is 5. The molecular formula is C16H22N4O2. The molecule has 0 bridgehead atoms. The Morgan fingerprint density at radius 1 is 1.27 bits per heavy atom. The van der Waals surface area contributed by atoms with Gasteiger partial charge >= 0.3 is 6.09 Å². The molecule has 22 heavy (non-hydrogen) atoms. The molecule has 6 heteroatoms. The molecule has 1 fully saturated rings. The van der Waals surface area contributed by atoms with Crippen molar-refractivity contribution < 1.29 is 9.53 Å². The van der Waals surface area contributed by atoms with Gasteiger partial charge in [-0.25, -0.2) is 14.8 Å². The van der Waals surface area contributed by atoms with Crippen LogP contribution in [-0.4, -0.2) is 52.7 Å². The predicted octanol–water partition coefficient (Wildman–Crippen LogP) is 1.91. The van der Waals surface area contributed by atoms with Gasteiger partial charge in [-0.15, -0.1) is 6.42 Å². The molecule has 1 aliphatic heterocycles. The molecule has 1 aromatic rings. The summed E-state index contributed by atoms with van der Waals surface area (Å²) in [4.78, 5) is 24.3. The van der Waals surface area contributed by atoms with Crippen molar-refractivity contribution in [1.82, 2.24) is 14.9 Å². The minimum absolute atomic E-state index is 0.263. The van der Waals surface area contributed by atoms with Crippen LogP contribution in [0.5, 0.6) is 0 Å². The Morgan fingerprint density at radius 2 is 2.05 bits per heavy atom. The number of nitrogens with zero attached hydrogens (tertiary/aromatic N) is 4. The van der Waals surface area contributed by atoms with Crippen LogP contribution >= 0.6 is 0 Å². The molecule has 1 amide bonds. The van der Waals surface area contributed by atoms with Gasteiger partial charge in [-0.3, -0.25) is 0 Å². The summed E-state index contributed by atoms with van der Waals surface area (Å²) in [5, 5.41) is 0. The van der Waals surface area contributed by atoms with E-state index in [2.05, 4.69) is 20.8 Å². The lowest BCUT2D eigenvalue weighted by atomic mass is 10.2. The number of carbonyl (C=O) groups is 1. The zero-order chi connectivity index (χ0) is 16.2. The third kappa shape index (κ3) is 4.35. The molecule has 6 nitrogen and oxygen atoms in total.